The normalized spacial score (nSPS) is 11.6. The van der Waals surface area contributed by atoms with Gasteiger partial charge in [-0.05, 0) is 6.92 Å². The molecule has 0 aliphatic rings. The maximum Gasteiger partial charge on any atom is 0.323 e. The molecule has 0 unspecified atom stereocenters. The molecule has 0 aliphatic carbocycles. The lowest BCUT2D eigenvalue weighted by molar-refractivity contribution is -0.137. The van der Waals surface area contributed by atoms with Gasteiger partial charge in [-0.15, -0.1) is 0 Å². The quantitative estimate of drug-likeness (QED) is 0.671. The van der Waals surface area contributed by atoms with Gasteiger partial charge in [-0.2, -0.15) is 0 Å². The van der Waals surface area contributed by atoms with E-state index in [9.17, 15) is 13.2 Å². The van der Waals surface area contributed by atoms with Crippen molar-refractivity contribution in [3.05, 3.63) is 12.0 Å². The molecule has 8 heteroatoms. The minimum atomic E-state index is -3.87. The summed E-state index contributed by atoms with van der Waals surface area (Å²) in [5.74, 6) is -0.789. The monoisotopic (exact) mass is 219 g/mol. The second-order valence-electron chi connectivity index (χ2n) is 2.69. The lowest BCUT2D eigenvalue weighted by Gasteiger charge is -1.97. The molecule has 0 saturated carbocycles. The molecule has 0 saturated heterocycles. The van der Waals surface area contributed by atoms with Crippen molar-refractivity contribution < 1.29 is 18.3 Å². The van der Waals surface area contributed by atoms with Gasteiger partial charge in [0, 0.05) is 6.20 Å². The summed E-state index contributed by atoms with van der Waals surface area (Å²) in [4.78, 5) is 14.0. The van der Waals surface area contributed by atoms with E-state index in [1.54, 1.807) is 0 Å². The van der Waals surface area contributed by atoms with Crippen molar-refractivity contribution >= 4 is 16.0 Å². The summed E-state index contributed by atoms with van der Waals surface area (Å²) in [5.41, 5.74) is 0. The van der Waals surface area contributed by atoms with Crippen LogP contribution in [0.2, 0.25) is 0 Å². The summed E-state index contributed by atoms with van der Waals surface area (Å²) in [5, 5.41) is 13.0. The highest BCUT2D eigenvalue weighted by atomic mass is 32.2. The molecule has 1 aromatic rings. The highest BCUT2D eigenvalue weighted by molar-refractivity contribution is 7.89. The first kappa shape index (κ1) is 10.7. The molecule has 0 amide bonds. The minimum Gasteiger partial charge on any atom is -0.480 e. The fourth-order valence-electron chi connectivity index (χ4n) is 0.922. The van der Waals surface area contributed by atoms with Gasteiger partial charge in [0.25, 0.3) is 10.0 Å². The molecule has 0 spiro atoms. The first-order valence-corrected chi connectivity index (χ1v) is 5.13. The number of hydrogen-bond donors (Lipinski definition) is 2. The molecule has 1 aromatic heterocycles. The van der Waals surface area contributed by atoms with Gasteiger partial charge >= 0.3 is 5.97 Å². The van der Waals surface area contributed by atoms with Crippen LogP contribution < -0.4 is 5.14 Å². The lowest BCUT2D eigenvalue weighted by Crippen LogP contribution is -2.12. The number of nitrogens with zero attached hydrogens (tertiary/aromatic N) is 2. The summed E-state index contributed by atoms with van der Waals surface area (Å²) in [6, 6.07) is 0. The van der Waals surface area contributed by atoms with Gasteiger partial charge in [0.2, 0.25) is 0 Å². The topological polar surface area (TPSA) is 115 Å². The van der Waals surface area contributed by atoms with Crippen LogP contribution in [0.1, 0.15) is 5.82 Å². The average Bonchev–Trinajstić information content (AvgIpc) is 2.30. The third-order valence-electron chi connectivity index (χ3n) is 1.55. The zero-order valence-corrected chi connectivity index (χ0v) is 8.15. The Bertz CT molecular complexity index is 461. The molecule has 0 fully saturated rings. The molecule has 7 nitrogen and oxygen atoms in total. The molecule has 0 aliphatic heterocycles. The highest BCUT2D eigenvalue weighted by Crippen LogP contribution is 2.06. The Morgan fingerprint density at radius 3 is 2.64 bits per heavy atom. The predicted octanol–water partition coefficient (Wildman–Crippen LogP) is -1.08. The van der Waals surface area contributed by atoms with Crippen molar-refractivity contribution in [3.8, 4) is 0 Å². The van der Waals surface area contributed by atoms with Crippen molar-refractivity contribution in [1.29, 1.82) is 0 Å². The fraction of sp³-hybridized carbons (Fsp3) is 0.333. The Kier molecular flexibility index (Phi) is 2.58. The highest BCUT2D eigenvalue weighted by Gasteiger charge is 2.15. The maximum absolute atomic E-state index is 10.8. The van der Waals surface area contributed by atoms with Crippen LogP contribution in [-0.4, -0.2) is 29.0 Å². The first-order chi connectivity index (χ1) is 6.30. The third-order valence-corrected chi connectivity index (χ3v) is 2.33. The second kappa shape index (κ2) is 3.39. The number of aryl methyl sites for hydroxylation is 1. The van der Waals surface area contributed by atoms with Gasteiger partial charge < -0.3 is 9.67 Å². The summed E-state index contributed by atoms with van der Waals surface area (Å²) in [7, 11) is -3.87. The van der Waals surface area contributed by atoms with Crippen LogP contribution >= 0.6 is 0 Å². The number of nitrogens with two attached hydrogens (primary N) is 1. The molecule has 3 N–H and O–H groups in total. The van der Waals surface area contributed by atoms with E-state index in [0.717, 1.165) is 6.20 Å². The molecule has 0 atom stereocenters. The van der Waals surface area contributed by atoms with Gasteiger partial charge in [0.1, 0.15) is 12.4 Å². The molecule has 1 rings (SSSR count). The van der Waals surface area contributed by atoms with Crippen molar-refractivity contribution in [3.63, 3.8) is 0 Å². The Balaban J connectivity index is 3.12. The number of aliphatic carboxylic acids is 1. The van der Waals surface area contributed by atoms with Crippen molar-refractivity contribution in [1.82, 2.24) is 9.55 Å². The van der Waals surface area contributed by atoms with Crippen LogP contribution in [0.15, 0.2) is 11.2 Å². The number of carboxylic acid groups (broad SMARTS) is 1. The van der Waals surface area contributed by atoms with Crippen LogP contribution in [0.5, 0.6) is 0 Å². The van der Waals surface area contributed by atoms with Gasteiger partial charge in [-0.3, -0.25) is 4.79 Å². The molecule has 78 valence electrons. The molecular weight excluding hydrogens is 210 g/mol. The Labute approximate surface area is 80.2 Å². The van der Waals surface area contributed by atoms with E-state index in [4.69, 9.17) is 10.2 Å². The number of carboxylic acids is 1. The number of carbonyl (C=O) groups is 1. The number of sulfonamides is 1. The summed E-state index contributed by atoms with van der Waals surface area (Å²) < 4.78 is 22.9. The SMILES string of the molecule is Cc1nc(S(N)(=O)=O)cn1CC(=O)O. The average molecular weight is 219 g/mol. The molecule has 0 bridgehead atoms. The van der Waals surface area contributed by atoms with Gasteiger partial charge in [-0.25, -0.2) is 18.5 Å². The third kappa shape index (κ3) is 2.30. The first-order valence-electron chi connectivity index (χ1n) is 3.59. The lowest BCUT2D eigenvalue weighted by atomic mass is 10.6. The Morgan fingerprint density at radius 2 is 2.29 bits per heavy atom. The van der Waals surface area contributed by atoms with E-state index < -0.39 is 16.0 Å². The van der Waals surface area contributed by atoms with E-state index in [-0.39, 0.29) is 17.4 Å². The zero-order valence-electron chi connectivity index (χ0n) is 7.34. The van der Waals surface area contributed by atoms with Crippen molar-refractivity contribution in [2.75, 3.05) is 0 Å². The van der Waals surface area contributed by atoms with Crippen LogP contribution in [0, 0.1) is 6.92 Å². The van der Waals surface area contributed by atoms with E-state index in [0.29, 0.717) is 0 Å². The molecule has 14 heavy (non-hydrogen) atoms. The standard InChI is InChI=1S/C6H9N3O4S/c1-4-8-5(14(7,12)13)2-9(4)3-6(10)11/h2H,3H2,1H3,(H,10,11)(H2,7,12,13). The van der Waals surface area contributed by atoms with E-state index in [1.807, 2.05) is 0 Å². The van der Waals surface area contributed by atoms with Gasteiger partial charge in [0.05, 0.1) is 0 Å². The van der Waals surface area contributed by atoms with E-state index >= 15 is 0 Å². The van der Waals surface area contributed by atoms with E-state index in [2.05, 4.69) is 4.98 Å². The van der Waals surface area contributed by atoms with Crippen LogP contribution in [0.3, 0.4) is 0 Å². The van der Waals surface area contributed by atoms with Gasteiger partial charge in [-0.1, -0.05) is 0 Å². The number of rotatable bonds is 3. The molecule has 1 heterocycles. The summed E-state index contributed by atoms with van der Waals surface area (Å²) in [6.45, 7) is 1.16. The largest absolute Gasteiger partial charge is 0.480 e. The zero-order chi connectivity index (χ0) is 10.9. The van der Waals surface area contributed by atoms with Crippen molar-refractivity contribution in [2.24, 2.45) is 5.14 Å². The van der Waals surface area contributed by atoms with Crippen LogP contribution in [0.4, 0.5) is 0 Å². The maximum atomic E-state index is 10.8. The molecule has 0 aromatic carbocycles. The minimum absolute atomic E-state index is 0.288. The number of imidazole rings is 1. The Morgan fingerprint density at radius 1 is 1.71 bits per heavy atom. The predicted molar refractivity (Wildman–Crippen MR) is 46.0 cm³/mol. The smallest absolute Gasteiger partial charge is 0.323 e. The molecule has 0 radical (unpaired) electrons. The number of primary sulfonamides is 1. The van der Waals surface area contributed by atoms with E-state index in [1.165, 1.54) is 11.5 Å². The van der Waals surface area contributed by atoms with Crippen molar-refractivity contribution in [2.45, 2.75) is 18.5 Å². The Hall–Kier alpha value is -1.41. The fourth-order valence-corrected chi connectivity index (χ4v) is 1.46. The molecular formula is C6H9N3O4S. The second-order valence-corrected chi connectivity index (χ2v) is 4.20. The van der Waals surface area contributed by atoms with Crippen LogP contribution in [-0.2, 0) is 21.4 Å². The number of hydrogen-bond acceptors (Lipinski definition) is 4. The summed E-state index contributed by atoms with van der Waals surface area (Å²) in [6.07, 6.45) is 1.10. The number of aromatic nitrogens is 2. The van der Waals surface area contributed by atoms with Gasteiger partial charge in [0.15, 0.2) is 5.03 Å². The van der Waals surface area contributed by atoms with Crippen LogP contribution in [0.25, 0.3) is 0 Å². The summed E-state index contributed by atoms with van der Waals surface area (Å²) >= 11 is 0.